The Hall–Kier alpha value is -0.610. The predicted molar refractivity (Wildman–Crippen MR) is 62.6 cm³/mol. The average molecular weight is 213 g/mol. The van der Waals surface area contributed by atoms with E-state index in [1.807, 2.05) is 5.38 Å². The summed E-state index contributed by atoms with van der Waals surface area (Å²) in [5, 5.41) is 2.71. The molecule has 1 aromatic heterocycles. The molecule has 14 heavy (non-hydrogen) atoms. The summed E-state index contributed by atoms with van der Waals surface area (Å²) in [7, 11) is 2.15. The Morgan fingerprint density at radius 1 is 1.57 bits per heavy atom. The lowest BCUT2D eigenvalue weighted by atomic mass is 10.2. The Morgan fingerprint density at radius 3 is 2.79 bits per heavy atom. The van der Waals surface area contributed by atoms with Crippen LogP contribution in [0.2, 0.25) is 0 Å². The number of rotatable bonds is 5. The van der Waals surface area contributed by atoms with Gasteiger partial charge in [0.2, 0.25) is 0 Å². The van der Waals surface area contributed by atoms with Crippen molar-refractivity contribution >= 4 is 16.5 Å². The van der Waals surface area contributed by atoms with Crippen LogP contribution in [0.5, 0.6) is 0 Å². The largest absolute Gasteiger partial charge is 0.375 e. The second-order valence-corrected chi connectivity index (χ2v) is 4.97. The van der Waals surface area contributed by atoms with Gasteiger partial charge in [0.05, 0.1) is 5.69 Å². The van der Waals surface area contributed by atoms with Gasteiger partial charge in [-0.15, -0.1) is 11.3 Å². The molecule has 0 aliphatic rings. The van der Waals surface area contributed by atoms with Crippen molar-refractivity contribution in [1.82, 2.24) is 9.88 Å². The van der Waals surface area contributed by atoms with E-state index in [9.17, 15) is 0 Å². The fourth-order valence-corrected chi connectivity index (χ4v) is 2.05. The van der Waals surface area contributed by atoms with E-state index in [0.29, 0.717) is 5.13 Å². The molecule has 4 heteroatoms. The van der Waals surface area contributed by atoms with Gasteiger partial charge in [0.15, 0.2) is 5.13 Å². The maximum Gasteiger partial charge on any atom is 0.180 e. The number of thiazole rings is 1. The number of anilines is 1. The number of nitrogen functional groups attached to an aromatic ring is 1. The molecule has 2 N–H and O–H groups in total. The minimum absolute atomic E-state index is 0.673. The van der Waals surface area contributed by atoms with Gasteiger partial charge in [0.1, 0.15) is 0 Å². The van der Waals surface area contributed by atoms with E-state index < -0.39 is 0 Å². The fourth-order valence-electron chi connectivity index (χ4n) is 1.46. The van der Waals surface area contributed by atoms with E-state index in [1.54, 1.807) is 0 Å². The zero-order valence-electron chi connectivity index (χ0n) is 9.16. The van der Waals surface area contributed by atoms with Crippen molar-refractivity contribution in [3.8, 4) is 0 Å². The SMILES string of the molecule is CC(C)CN(C)CCc1csc(N)n1. The molecule has 0 spiro atoms. The molecule has 0 saturated heterocycles. The van der Waals surface area contributed by atoms with Gasteiger partial charge in [-0.2, -0.15) is 0 Å². The van der Waals surface area contributed by atoms with Gasteiger partial charge in [-0.3, -0.25) is 0 Å². The highest BCUT2D eigenvalue weighted by atomic mass is 32.1. The molecule has 1 aromatic rings. The molecule has 0 aromatic carbocycles. The molecule has 0 atom stereocenters. The Kier molecular flexibility index (Phi) is 4.35. The standard InChI is InChI=1S/C10H19N3S/c1-8(2)6-13(3)5-4-9-7-14-10(11)12-9/h7-8H,4-6H2,1-3H3,(H2,11,12). The van der Waals surface area contributed by atoms with Gasteiger partial charge in [-0.05, 0) is 13.0 Å². The third-order valence-corrected chi connectivity index (χ3v) is 2.72. The second-order valence-electron chi connectivity index (χ2n) is 4.08. The topological polar surface area (TPSA) is 42.1 Å². The highest BCUT2D eigenvalue weighted by Gasteiger charge is 2.03. The van der Waals surface area contributed by atoms with Crippen LogP contribution in [0.15, 0.2) is 5.38 Å². The Balaban J connectivity index is 2.26. The van der Waals surface area contributed by atoms with Gasteiger partial charge in [-0.1, -0.05) is 13.8 Å². The van der Waals surface area contributed by atoms with Crippen LogP contribution >= 0.6 is 11.3 Å². The van der Waals surface area contributed by atoms with Crippen molar-refractivity contribution in [3.05, 3.63) is 11.1 Å². The van der Waals surface area contributed by atoms with E-state index in [0.717, 1.165) is 31.1 Å². The third kappa shape index (κ3) is 4.07. The first-order chi connectivity index (χ1) is 6.58. The van der Waals surface area contributed by atoms with Gasteiger partial charge >= 0.3 is 0 Å². The molecule has 0 saturated carbocycles. The van der Waals surface area contributed by atoms with Crippen LogP contribution < -0.4 is 5.73 Å². The van der Waals surface area contributed by atoms with Gasteiger partial charge < -0.3 is 10.6 Å². The number of nitrogens with two attached hydrogens (primary N) is 1. The van der Waals surface area contributed by atoms with Crippen LogP contribution in [0, 0.1) is 5.92 Å². The molecule has 0 aliphatic carbocycles. The van der Waals surface area contributed by atoms with Crippen molar-refractivity contribution in [2.75, 3.05) is 25.9 Å². The van der Waals surface area contributed by atoms with Crippen LogP contribution in [-0.4, -0.2) is 30.0 Å². The maximum absolute atomic E-state index is 5.56. The minimum atomic E-state index is 0.673. The van der Waals surface area contributed by atoms with Crippen LogP contribution in [-0.2, 0) is 6.42 Å². The average Bonchev–Trinajstić information content (AvgIpc) is 2.47. The Morgan fingerprint density at radius 2 is 2.29 bits per heavy atom. The molecule has 3 nitrogen and oxygen atoms in total. The minimum Gasteiger partial charge on any atom is -0.375 e. The van der Waals surface area contributed by atoms with Crippen LogP contribution in [0.4, 0.5) is 5.13 Å². The summed E-state index contributed by atoms with van der Waals surface area (Å²) in [6, 6.07) is 0. The lowest BCUT2D eigenvalue weighted by Crippen LogP contribution is -2.25. The summed E-state index contributed by atoms with van der Waals surface area (Å²) in [4.78, 5) is 6.56. The van der Waals surface area contributed by atoms with Crippen molar-refractivity contribution in [2.45, 2.75) is 20.3 Å². The molecule has 0 bridgehead atoms. The highest BCUT2D eigenvalue weighted by molar-refractivity contribution is 7.13. The highest BCUT2D eigenvalue weighted by Crippen LogP contribution is 2.11. The van der Waals surface area contributed by atoms with Crippen LogP contribution in [0.25, 0.3) is 0 Å². The quantitative estimate of drug-likeness (QED) is 0.811. The molecule has 0 radical (unpaired) electrons. The van der Waals surface area contributed by atoms with E-state index in [2.05, 4.69) is 30.8 Å². The van der Waals surface area contributed by atoms with E-state index >= 15 is 0 Å². The van der Waals surface area contributed by atoms with Crippen molar-refractivity contribution < 1.29 is 0 Å². The third-order valence-electron chi connectivity index (χ3n) is 2.00. The first kappa shape index (κ1) is 11.5. The Labute approximate surface area is 89.9 Å². The number of hydrogen-bond acceptors (Lipinski definition) is 4. The lowest BCUT2D eigenvalue weighted by Gasteiger charge is -2.17. The van der Waals surface area contributed by atoms with Gasteiger partial charge in [-0.25, -0.2) is 4.98 Å². The summed E-state index contributed by atoms with van der Waals surface area (Å²) in [5.41, 5.74) is 6.67. The summed E-state index contributed by atoms with van der Waals surface area (Å²) in [5.74, 6) is 0.723. The fraction of sp³-hybridized carbons (Fsp3) is 0.700. The molecule has 1 rings (SSSR count). The lowest BCUT2D eigenvalue weighted by molar-refractivity contribution is 0.298. The van der Waals surface area contributed by atoms with Crippen LogP contribution in [0.3, 0.4) is 0 Å². The van der Waals surface area contributed by atoms with E-state index in [1.165, 1.54) is 11.3 Å². The van der Waals surface area contributed by atoms with Gasteiger partial charge in [0, 0.05) is 24.9 Å². The molecule has 0 aliphatic heterocycles. The molecule has 80 valence electrons. The summed E-state index contributed by atoms with van der Waals surface area (Å²) in [6.07, 6.45) is 0.997. The monoisotopic (exact) mass is 213 g/mol. The van der Waals surface area contributed by atoms with Crippen molar-refractivity contribution in [1.29, 1.82) is 0 Å². The van der Waals surface area contributed by atoms with Crippen molar-refractivity contribution in [3.63, 3.8) is 0 Å². The zero-order valence-corrected chi connectivity index (χ0v) is 9.97. The summed E-state index contributed by atoms with van der Waals surface area (Å²) < 4.78 is 0. The predicted octanol–water partition coefficient (Wildman–Crippen LogP) is 1.86. The number of aromatic nitrogens is 1. The number of hydrogen-bond donors (Lipinski definition) is 1. The summed E-state index contributed by atoms with van der Waals surface area (Å²) in [6.45, 7) is 6.66. The maximum atomic E-state index is 5.56. The smallest absolute Gasteiger partial charge is 0.180 e. The molecule has 0 unspecified atom stereocenters. The second kappa shape index (κ2) is 5.32. The van der Waals surface area contributed by atoms with E-state index in [4.69, 9.17) is 5.73 Å². The summed E-state index contributed by atoms with van der Waals surface area (Å²) >= 11 is 1.52. The van der Waals surface area contributed by atoms with Gasteiger partial charge in [0.25, 0.3) is 0 Å². The normalized spacial score (nSPS) is 11.5. The molecule has 0 amide bonds. The zero-order chi connectivity index (χ0) is 10.6. The van der Waals surface area contributed by atoms with Crippen LogP contribution in [0.1, 0.15) is 19.5 Å². The molecule has 1 heterocycles. The molecular weight excluding hydrogens is 194 g/mol. The first-order valence-corrected chi connectivity index (χ1v) is 5.84. The first-order valence-electron chi connectivity index (χ1n) is 4.96. The molecular formula is C10H19N3S. The Bertz CT molecular complexity index is 270. The molecule has 0 fully saturated rings. The number of likely N-dealkylation sites (N-methyl/N-ethyl adjacent to an activating group) is 1. The van der Waals surface area contributed by atoms with Crippen molar-refractivity contribution in [2.24, 2.45) is 5.92 Å². The number of nitrogens with zero attached hydrogens (tertiary/aromatic N) is 2. The van der Waals surface area contributed by atoms with E-state index in [-0.39, 0.29) is 0 Å².